The van der Waals surface area contributed by atoms with Crippen molar-refractivity contribution in [2.75, 3.05) is 18.6 Å². The number of ether oxygens (including phenoxy) is 2. The van der Waals surface area contributed by atoms with E-state index >= 15 is 9.59 Å². The summed E-state index contributed by atoms with van der Waals surface area (Å²) in [5.41, 5.74) is 6.95. The summed E-state index contributed by atoms with van der Waals surface area (Å²) >= 11 is 0. The second kappa shape index (κ2) is 19.0. The Balaban J connectivity index is 1.24. The normalized spacial score (nSPS) is 13.3. The zero-order valence-corrected chi connectivity index (χ0v) is 37.8. The molecule has 0 spiro atoms. The van der Waals surface area contributed by atoms with Crippen LogP contribution >= 0.6 is 0 Å². The van der Waals surface area contributed by atoms with Gasteiger partial charge in [-0.15, -0.1) is 0 Å². The summed E-state index contributed by atoms with van der Waals surface area (Å²) in [5, 5.41) is 8.64. The van der Waals surface area contributed by atoms with Gasteiger partial charge in [-0.3, -0.25) is 14.5 Å². The van der Waals surface area contributed by atoms with E-state index < -0.39 is 17.7 Å². The third-order valence-electron chi connectivity index (χ3n) is 11.6. The molecule has 0 saturated heterocycles. The molecule has 334 valence electrons. The zero-order valence-electron chi connectivity index (χ0n) is 37.8. The predicted molar refractivity (Wildman–Crippen MR) is 263 cm³/mol. The lowest BCUT2D eigenvalue weighted by Crippen LogP contribution is -2.50. The molecule has 11 nitrogen and oxygen atoms in total. The Labute approximate surface area is 389 Å². The van der Waals surface area contributed by atoms with Crippen LogP contribution in [-0.2, 0) is 17.7 Å². The highest BCUT2D eigenvalue weighted by atomic mass is 16.6. The second-order valence-electron chi connectivity index (χ2n) is 17.3. The number of carbonyl (C=O) groups excluding carboxylic acids is 3. The SMILES string of the molecule is COc1cc(-n2nc(C(=O)N(c3ccccc3)c3ccccc3)c3ccccc32)c(C(=O)N2Cc3ccccc3C[C@H]2CNC(=O)OC(C)(C)C)cc1N=C(c1ccccc1)c1ccccc1. The number of aliphatic imine (C=N–C) groups is 1. The van der Waals surface area contributed by atoms with Crippen molar-refractivity contribution in [2.45, 2.75) is 45.4 Å². The summed E-state index contributed by atoms with van der Waals surface area (Å²) in [6, 6.07) is 57.2. The van der Waals surface area contributed by atoms with Crippen molar-refractivity contribution < 1.29 is 23.9 Å². The van der Waals surface area contributed by atoms with Gasteiger partial charge in [0.2, 0.25) is 0 Å². The second-order valence-corrected chi connectivity index (χ2v) is 17.3. The fraction of sp³-hybridized carbons (Fsp3) is 0.161. The Morgan fingerprint density at radius 1 is 0.716 bits per heavy atom. The van der Waals surface area contributed by atoms with Crippen molar-refractivity contribution in [1.82, 2.24) is 20.0 Å². The van der Waals surface area contributed by atoms with Crippen LogP contribution in [0.25, 0.3) is 16.6 Å². The Morgan fingerprint density at radius 3 is 1.87 bits per heavy atom. The molecule has 7 aromatic carbocycles. The number of carbonyl (C=O) groups is 3. The van der Waals surface area contributed by atoms with Crippen molar-refractivity contribution in [3.8, 4) is 11.4 Å². The number of amides is 3. The largest absolute Gasteiger partial charge is 0.494 e. The molecule has 1 aliphatic rings. The molecule has 67 heavy (non-hydrogen) atoms. The standard InChI is InChI=1S/C56H50N6O5/c1-56(2,3)67-55(65)57-36-44-33-40-25-17-18-26-41(40)37-60(44)53(63)46-34-47(58-51(38-21-9-5-10-22-38)39-23-11-6-12-24-39)50(66-4)35-49(46)62-48-32-20-19-31-45(48)52(59-62)54(64)61(42-27-13-7-14-28-42)43-29-15-8-16-30-43/h5-32,34-35,44H,33,36-37H2,1-4H3,(H,57,65)/t44-/m0/s1. The molecule has 8 aromatic rings. The molecular weight excluding hydrogens is 837 g/mol. The van der Waals surface area contributed by atoms with Gasteiger partial charge in [0.15, 0.2) is 5.69 Å². The molecule has 9 rings (SSSR count). The number of rotatable bonds is 11. The number of aromatic nitrogens is 2. The Hall–Kier alpha value is -8.31. The molecule has 1 aliphatic heterocycles. The molecule has 2 heterocycles. The highest BCUT2D eigenvalue weighted by Crippen LogP contribution is 2.38. The minimum atomic E-state index is -0.710. The van der Waals surface area contributed by atoms with Crippen molar-refractivity contribution >= 4 is 51.6 Å². The van der Waals surface area contributed by atoms with E-state index in [2.05, 4.69) is 11.4 Å². The number of alkyl carbamates (subject to hydrolysis) is 1. The van der Waals surface area contributed by atoms with E-state index in [0.717, 1.165) is 22.3 Å². The van der Waals surface area contributed by atoms with Crippen molar-refractivity contribution in [1.29, 1.82) is 0 Å². The predicted octanol–water partition coefficient (Wildman–Crippen LogP) is 11.3. The Kier molecular flexibility index (Phi) is 12.5. The van der Waals surface area contributed by atoms with Gasteiger partial charge in [-0.05, 0) is 74.7 Å². The number of benzene rings is 7. The number of hydrogen-bond donors (Lipinski definition) is 1. The third kappa shape index (κ3) is 9.44. The summed E-state index contributed by atoms with van der Waals surface area (Å²) in [4.78, 5) is 52.7. The minimum Gasteiger partial charge on any atom is -0.494 e. The summed E-state index contributed by atoms with van der Waals surface area (Å²) in [6.07, 6.45) is -0.0893. The summed E-state index contributed by atoms with van der Waals surface area (Å²) in [6.45, 7) is 5.83. The van der Waals surface area contributed by atoms with E-state index in [9.17, 15) is 4.79 Å². The van der Waals surface area contributed by atoms with Gasteiger partial charge in [-0.2, -0.15) is 5.10 Å². The van der Waals surface area contributed by atoms with Crippen LogP contribution in [0.2, 0.25) is 0 Å². The first-order chi connectivity index (χ1) is 32.6. The van der Waals surface area contributed by atoms with E-state index in [4.69, 9.17) is 19.6 Å². The molecule has 1 N–H and O–H groups in total. The van der Waals surface area contributed by atoms with E-state index in [-0.39, 0.29) is 36.2 Å². The number of nitrogens with zero attached hydrogens (tertiary/aromatic N) is 5. The molecule has 1 atom stereocenters. The first kappa shape index (κ1) is 43.9. The van der Waals surface area contributed by atoms with Crippen LogP contribution in [0.5, 0.6) is 5.75 Å². The van der Waals surface area contributed by atoms with Crippen LogP contribution in [0, 0.1) is 0 Å². The summed E-state index contributed by atoms with van der Waals surface area (Å²) in [7, 11) is 1.57. The molecule has 0 unspecified atom stereocenters. The van der Waals surface area contributed by atoms with Crippen molar-refractivity contribution in [2.24, 2.45) is 4.99 Å². The summed E-state index contributed by atoms with van der Waals surface area (Å²) < 4.78 is 13.4. The molecule has 0 radical (unpaired) electrons. The average Bonchev–Trinajstić information content (AvgIpc) is 3.74. The molecule has 0 fully saturated rings. The van der Waals surface area contributed by atoms with E-state index in [1.165, 1.54) is 0 Å². The van der Waals surface area contributed by atoms with Gasteiger partial charge in [0.05, 0.1) is 35.6 Å². The maximum atomic E-state index is 15.8. The highest BCUT2D eigenvalue weighted by molar-refractivity contribution is 6.17. The van der Waals surface area contributed by atoms with Gasteiger partial charge in [0.1, 0.15) is 17.0 Å². The maximum Gasteiger partial charge on any atom is 0.407 e. The fourth-order valence-electron chi connectivity index (χ4n) is 8.49. The number of hydrogen-bond acceptors (Lipinski definition) is 7. The van der Waals surface area contributed by atoms with Crippen molar-refractivity contribution in [3.05, 3.63) is 216 Å². The first-order valence-electron chi connectivity index (χ1n) is 22.2. The topological polar surface area (TPSA) is 118 Å². The quantitative estimate of drug-likeness (QED) is 0.129. The third-order valence-corrected chi connectivity index (χ3v) is 11.6. The van der Waals surface area contributed by atoms with E-state index in [0.29, 0.717) is 51.5 Å². The maximum absolute atomic E-state index is 15.8. The lowest BCUT2D eigenvalue weighted by Gasteiger charge is -2.37. The number of anilines is 2. The van der Waals surface area contributed by atoms with Gasteiger partial charge in [-0.25, -0.2) is 14.5 Å². The molecular formula is C56H50N6O5. The number of para-hydroxylation sites is 3. The van der Waals surface area contributed by atoms with Gasteiger partial charge in [-0.1, -0.05) is 140 Å². The molecule has 0 bridgehead atoms. The first-order valence-corrected chi connectivity index (χ1v) is 22.2. The van der Waals surface area contributed by atoms with Crippen LogP contribution in [0.15, 0.2) is 187 Å². The average molecular weight is 887 g/mol. The molecule has 11 heteroatoms. The molecule has 0 saturated carbocycles. The van der Waals surface area contributed by atoms with Crippen molar-refractivity contribution in [3.63, 3.8) is 0 Å². The molecule has 0 aliphatic carbocycles. The minimum absolute atomic E-state index is 0.135. The van der Waals surface area contributed by atoms with Crippen LogP contribution in [0.1, 0.15) is 63.9 Å². The number of fused-ring (bicyclic) bond motifs is 2. The van der Waals surface area contributed by atoms with Crippen LogP contribution in [0.3, 0.4) is 0 Å². The lowest BCUT2D eigenvalue weighted by molar-refractivity contribution is 0.0474. The van der Waals surface area contributed by atoms with Gasteiger partial charge in [0, 0.05) is 47.0 Å². The number of nitrogens with one attached hydrogen (secondary N) is 1. The Bertz CT molecular complexity index is 3010. The van der Waals surface area contributed by atoms with Gasteiger partial charge in [0.25, 0.3) is 11.8 Å². The zero-order chi connectivity index (χ0) is 46.5. The Morgan fingerprint density at radius 2 is 1.27 bits per heavy atom. The van der Waals surface area contributed by atoms with Gasteiger partial charge < -0.3 is 19.7 Å². The smallest absolute Gasteiger partial charge is 0.407 e. The lowest BCUT2D eigenvalue weighted by atomic mass is 9.93. The van der Waals surface area contributed by atoms with E-state index in [1.54, 1.807) is 33.7 Å². The monoisotopic (exact) mass is 886 g/mol. The number of methoxy groups -OCH3 is 1. The molecule has 1 aromatic heterocycles. The van der Waals surface area contributed by atoms with Crippen LogP contribution in [-0.4, -0.2) is 63.6 Å². The fourth-order valence-corrected chi connectivity index (χ4v) is 8.49. The van der Waals surface area contributed by atoms with Gasteiger partial charge >= 0.3 is 6.09 Å². The summed E-state index contributed by atoms with van der Waals surface area (Å²) in [5.74, 6) is -0.307. The van der Waals surface area contributed by atoms with Crippen LogP contribution in [0.4, 0.5) is 21.9 Å². The van der Waals surface area contributed by atoms with Crippen LogP contribution < -0.4 is 15.0 Å². The van der Waals surface area contributed by atoms with E-state index in [1.807, 2.05) is 185 Å². The highest BCUT2D eigenvalue weighted by Gasteiger charge is 2.34. The molecule has 3 amide bonds.